The molecule has 1 saturated carbocycles. The predicted molar refractivity (Wildman–Crippen MR) is 71.4 cm³/mol. The first kappa shape index (κ1) is 10.6. The number of rotatable bonds is 2. The highest BCUT2D eigenvalue weighted by Crippen LogP contribution is 2.28. The number of nitrogens with one attached hydrogen (secondary N) is 1. The van der Waals surface area contributed by atoms with Gasteiger partial charge in [0.2, 0.25) is 0 Å². The Kier molecular flexibility index (Phi) is 2.75. The van der Waals surface area contributed by atoms with Crippen molar-refractivity contribution in [1.82, 2.24) is 0 Å². The lowest BCUT2D eigenvalue weighted by molar-refractivity contribution is 0.687. The molecule has 2 aliphatic rings. The van der Waals surface area contributed by atoms with Gasteiger partial charge in [0.1, 0.15) is 0 Å². The maximum Gasteiger partial charge on any atom is 0.193 e. The average molecular weight is 229 g/mol. The fourth-order valence-corrected chi connectivity index (χ4v) is 2.47. The lowest BCUT2D eigenvalue weighted by atomic mass is 9.90. The molecule has 0 aromatic heterocycles. The van der Waals surface area contributed by atoms with E-state index < -0.39 is 0 Å². The quantitative estimate of drug-likeness (QED) is 0.604. The Bertz CT molecular complexity index is 447. The van der Waals surface area contributed by atoms with Gasteiger partial charge >= 0.3 is 0 Å². The summed E-state index contributed by atoms with van der Waals surface area (Å²) >= 11 is 0. The Morgan fingerprint density at radius 3 is 2.88 bits per heavy atom. The van der Waals surface area contributed by atoms with Crippen LogP contribution in [-0.4, -0.2) is 12.0 Å². The van der Waals surface area contributed by atoms with Crippen molar-refractivity contribution >= 4 is 11.6 Å². The molecule has 0 amide bonds. The zero-order valence-corrected chi connectivity index (χ0v) is 10.1. The topological polar surface area (TPSA) is 50.4 Å². The molecule has 3 rings (SSSR count). The Labute approximate surface area is 102 Å². The van der Waals surface area contributed by atoms with Gasteiger partial charge in [-0.05, 0) is 55.7 Å². The molecule has 3 heteroatoms. The minimum Gasteiger partial charge on any atom is -0.370 e. The van der Waals surface area contributed by atoms with Crippen LogP contribution in [0.1, 0.15) is 36.8 Å². The van der Waals surface area contributed by atoms with Crippen LogP contribution >= 0.6 is 0 Å². The van der Waals surface area contributed by atoms with Crippen LogP contribution in [0, 0.1) is 0 Å². The number of nitrogens with two attached hydrogens (primary N) is 1. The van der Waals surface area contributed by atoms with E-state index in [9.17, 15) is 0 Å². The van der Waals surface area contributed by atoms with Gasteiger partial charge in [-0.2, -0.15) is 0 Å². The normalized spacial score (nSPS) is 19.9. The van der Waals surface area contributed by atoms with Gasteiger partial charge < -0.3 is 11.1 Å². The van der Waals surface area contributed by atoms with E-state index in [2.05, 4.69) is 28.5 Å². The summed E-state index contributed by atoms with van der Waals surface area (Å²) in [5.41, 5.74) is 9.99. The standard InChI is InChI=1S/C14H19N3/c15-14(16-11-8-9-11)17-13-7-3-5-10-4-1-2-6-12(10)13/h3,5,7,11H,1-2,4,6,8-9H2,(H3,15,16,17). The highest BCUT2D eigenvalue weighted by atomic mass is 15.1. The zero-order chi connectivity index (χ0) is 11.7. The summed E-state index contributed by atoms with van der Waals surface area (Å²) in [5, 5.41) is 3.27. The first-order valence-corrected chi connectivity index (χ1v) is 6.54. The second-order valence-corrected chi connectivity index (χ2v) is 5.02. The van der Waals surface area contributed by atoms with E-state index in [1.807, 2.05) is 0 Å². The molecule has 0 saturated heterocycles. The second-order valence-electron chi connectivity index (χ2n) is 5.02. The Morgan fingerprint density at radius 2 is 2.06 bits per heavy atom. The maximum absolute atomic E-state index is 5.92. The number of guanidine groups is 1. The van der Waals surface area contributed by atoms with Crippen molar-refractivity contribution < 1.29 is 0 Å². The SMILES string of the molecule is NC(=NC1CC1)Nc1cccc2c1CCCC2. The van der Waals surface area contributed by atoms with E-state index in [1.54, 1.807) is 0 Å². The van der Waals surface area contributed by atoms with Gasteiger partial charge in [-0.3, -0.25) is 0 Å². The van der Waals surface area contributed by atoms with Crippen molar-refractivity contribution in [3.8, 4) is 0 Å². The summed E-state index contributed by atoms with van der Waals surface area (Å²) in [4.78, 5) is 4.42. The number of hydrogen-bond donors (Lipinski definition) is 2. The molecule has 3 N–H and O–H groups in total. The molecular weight excluding hydrogens is 210 g/mol. The number of benzene rings is 1. The van der Waals surface area contributed by atoms with Crippen molar-refractivity contribution in [2.75, 3.05) is 5.32 Å². The molecule has 1 aromatic carbocycles. The Hall–Kier alpha value is -1.51. The summed E-state index contributed by atoms with van der Waals surface area (Å²) < 4.78 is 0. The molecule has 2 aliphatic carbocycles. The molecule has 0 atom stereocenters. The van der Waals surface area contributed by atoms with Crippen molar-refractivity contribution in [1.29, 1.82) is 0 Å². The third-order valence-electron chi connectivity index (χ3n) is 3.53. The predicted octanol–water partition coefficient (Wildman–Crippen LogP) is 2.45. The molecular formula is C14H19N3. The molecule has 0 spiro atoms. The van der Waals surface area contributed by atoms with Gasteiger partial charge in [0.05, 0.1) is 6.04 Å². The summed E-state index contributed by atoms with van der Waals surface area (Å²) in [6.45, 7) is 0. The van der Waals surface area contributed by atoms with Gasteiger partial charge in [-0.25, -0.2) is 4.99 Å². The Balaban J connectivity index is 1.82. The first-order chi connectivity index (χ1) is 8.33. The lowest BCUT2D eigenvalue weighted by Gasteiger charge is -2.19. The van der Waals surface area contributed by atoms with E-state index in [0.29, 0.717) is 12.0 Å². The molecule has 0 aliphatic heterocycles. The molecule has 1 fully saturated rings. The first-order valence-electron chi connectivity index (χ1n) is 6.54. The number of nitrogens with zero attached hydrogens (tertiary/aromatic N) is 1. The van der Waals surface area contributed by atoms with E-state index in [0.717, 1.165) is 12.1 Å². The summed E-state index contributed by atoms with van der Waals surface area (Å²) in [6, 6.07) is 6.92. The lowest BCUT2D eigenvalue weighted by Crippen LogP contribution is -2.24. The second kappa shape index (κ2) is 4.40. The molecule has 3 nitrogen and oxygen atoms in total. The minimum atomic E-state index is 0.474. The van der Waals surface area contributed by atoms with Crippen LogP contribution in [0.5, 0.6) is 0 Å². The largest absolute Gasteiger partial charge is 0.370 e. The van der Waals surface area contributed by atoms with E-state index in [1.165, 1.54) is 43.2 Å². The fourth-order valence-electron chi connectivity index (χ4n) is 2.47. The van der Waals surface area contributed by atoms with Crippen LogP contribution in [0.4, 0.5) is 5.69 Å². The van der Waals surface area contributed by atoms with Crippen molar-refractivity contribution in [3.63, 3.8) is 0 Å². The van der Waals surface area contributed by atoms with Crippen LogP contribution in [0.2, 0.25) is 0 Å². The van der Waals surface area contributed by atoms with E-state index >= 15 is 0 Å². The van der Waals surface area contributed by atoms with Crippen molar-refractivity contribution in [3.05, 3.63) is 29.3 Å². The molecule has 0 radical (unpaired) electrons. The van der Waals surface area contributed by atoms with Gasteiger partial charge in [-0.15, -0.1) is 0 Å². The molecule has 17 heavy (non-hydrogen) atoms. The third-order valence-corrected chi connectivity index (χ3v) is 3.53. The maximum atomic E-state index is 5.92. The highest BCUT2D eigenvalue weighted by molar-refractivity contribution is 5.93. The molecule has 0 bridgehead atoms. The molecule has 0 heterocycles. The smallest absolute Gasteiger partial charge is 0.193 e. The molecule has 0 unspecified atom stereocenters. The molecule has 90 valence electrons. The van der Waals surface area contributed by atoms with Gasteiger partial charge in [-0.1, -0.05) is 12.1 Å². The van der Waals surface area contributed by atoms with Crippen LogP contribution in [0.15, 0.2) is 23.2 Å². The Morgan fingerprint density at radius 1 is 1.24 bits per heavy atom. The van der Waals surface area contributed by atoms with Gasteiger partial charge in [0, 0.05) is 5.69 Å². The number of anilines is 1. The monoisotopic (exact) mass is 229 g/mol. The summed E-state index contributed by atoms with van der Waals surface area (Å²) in [5.74, 6) is 0.575. The van der Waals surface area contributed by atoms with Crippen LogP contribution in [0.3, 0.4) is 0 Å². The minimum absolute atomic E-state index is 0.474. The van der Waals surface area contributed by atoms with Crippen LogP contribution < -0.4 is 11.1 Å². The van der Waals surface area contributed by atoms with E-state index in [4.69, 9.17) is 5.73 Å². The number of aliphatic imine (C=N–C) groups is 1. The fraction of sp³-hybridized carbons (Fsp3) is 0.500. The van der Waals surface area contributed by atoms with Gasteiger partial charge in [0.15, 0.2) is 5.96 Å². The highest BCUT2D eigenvalue weighted by Gasteiger charge is 2.21. The number of hydrogen-bond acceptors (Lipinski definition) is 1. The summed E-state index contributed by atoms with van der Waals surface area (Å²) in [6.07, 6.45) is 7.33. The van der Waals surface area contributed by atoms with Crippen LogP contribution in [0.25, 0.3) is 0 Å². The van der Waals surface area contributed by atoms with Crippen LogP contribution in [-0.2, 0) is 12.8 Å². The number of fused-ring (bicyclic) bond motifs is 1. The van der Waals surface area contributed by atoms with Crippen molar-refractivity contribution in [2.45, 2.75) is 44.6 Å². The van der Waals surface area contributed by atoms with E-state index in [-0.39, 0.29) is 0 Å². The third kappa shape index (κ3) is 2.43. The van der Waals surface area contributed by atoms with Gasteiger partial charge in [0.25, 0.3) is 0 Å². The zero-order valence-electron chi connectivity index (χ0n) is 10.1. The molecule has 1 aromatic rings. The van der Waals surface area contributed by atoms with Crippen molar-refractivity contribution in [2.24, 2.45) is 10.7 Å². The number of aryl methyl sites for hydroxylation is 1. The summed E-state index contributed by atoms with van der Waals surface area (Å²) in [7, 11) is 0. The average Bonchev–Trinajstić information content (AvgIpc) is 3.13.